The number of sulfonamides is 1. The molecular formula is C16H17N3O4S. The molecule has 126 valence electrons. The van der Waals surface area contributed by atoms with Gasteiger partial charge in [0.25, 0.3) is 10.0 Å². The third kappa shape index (κ3) is 2.76. The number of H-pyrrole nitrogens is 1. The number of anilines is 1. The van der Waals surface area contributed by atoms with Crippen LogP contribution in [0.4, 0.5) is 5.69 Å². The molecule has 0 atom stereocenters. The highest BCUT2D eigenvalue weighted by Gasteiger charge is 2.23. The predicted octanol–water partition coefficient (Wildman–Crippen LogP) is 2.69. The molecule has 7 nitrogen and oxygen atoms in total. The van der Waals surface area contributed by atoms with Gasteiger partial charge in [0.15, 0.2) is 0 Å². The quantitative estimate of drug-likeness (QED) is 0.740. The third-order valence-electron chi connectivity index (χ3n) is 3.73. The van der Waals surface area contributed by atoms with E-state index >= 15 is 0 Å². The molecule has 2 N–H and O–H groups in total. The van der Waals surface area contributed by atoms with Gasteiger partial charge in [0.1, 0.15) is 16.4 Å². The molecule has 1 heterocycles. The van der Waals surface area contributed by atoms with Crippen molar-refractivity contribution in [3.8, 4) is 11.5 Å². The zero-order chi connectivity index (χ0) is 17.3. The average Bonchev–Trinajstić information content (AvgIpc) is 3.01. The van der Waals surface area contributed by atoms with Crippen molar-refractivity contribution in [3.63, 3.8) is 0 Å². The maximum Gasteiger partial charge on any atom is 0.265 e. The Labute approximate surface area is 139 Å². The molecule has 0 saturated heterocycles. The number of hydrogen-bond donors (Lipinski definition) is 2. The van der Waals surface area contributed by atoms with Gasteiger partial charge in [-0.25, -0.2) is 8.42 Å². The fourth-order valence-corrected chi connectivity index (χ4v) is 3.82. The summed E-state index contributed by atoms with van der Waals surface area (Å²) in [5.41, 5.74) is 1.79. The number of benzene rings is 2. The van der Waals surface area contributed by atoms with Crippen LogP contribution in [0.2, 0.25) is 0 Å². The highest BCUT2D eigenvalue weighted by molar-refractivity contribution is 7.92. The Kier molecular flexibility index (Phi) is 4.06. The van der Waals surface area contributed by atoms with E-state index in [0.29, 0.717) is 17.0 Å². The van der Waals surface area contributed by atoms with Crippen molar-refractivity contribution < 1.29 is 17.9 Å². The third-order valence-corrected chi connectivity index (χ3v) is 5.13. The number of nitrogens with zero attached hydrogens (tertiary/aromatic N) is 1. The lowest BCUT2D eigenvalue weighted by Gasteiger charge is -2.15. The Hall–Kier alpha value is -2.74. The molecule has 0 fully saturated rings. The van der Waals surface area contributed by atoms with E-state index in [-0.39, 0.29) is 10.6 Å². The minimum Gasteiger partial charge on any atom is -0.496 e. The molecule has 8 heteroatoms. The zero-order valence-electron chi connectivity index (χ0n) is 13.5. The SMILES string of the molecule is COc1ccc(S(=O)(=O)Nc2ccc3cn[nH]c3c2)c(OC)c1C. The first-order valence-electron chi connectivity index (χ1n) is 7.14. The van der Waals surface area contributed by atoms with Gasteiger partial charge in [-0.2, -0.15) is 5.10 Å². The van der Waals surface area contributed by atoms with E-state index in [0.717, 1.165) is 10.9 Å². The van der Waals surface area contributed by atoms with E-state index in [9.17, 15) is 8.42 Å². The molecule has 0 unspecified atom stereocenters. The van der Waals surface area contributed by atoms with E-state index in [1.54, 1.807) is 37.4 Å². The number of aromatic amines is 1. The molecule has 0 aliphatic rings. The smallest absolute Gasteiger partial charge is 0.265 e. The number of ether oxygens (including phenoxy) is 2. The lowest BCUT2D eigenvalue weighted by atomic mass is 10.2. The van der Waals surface area contributed by atoms with Crippen LogP contribution < -0.4 is 14.2 Å². The van der Waals surface area contributed by atoms with Gasteiger partial charge < -0.3 is 9.47 Å². The van der Waals surface area contributed by atoms with Gasteiger partial charge in [-0.15, -0.1) is 0 Å². The fraction of sp³-hybridized carbons (Fsp3) is 0.188. The first kappa shape index (κ1) is 16.1. The summed E-state index contributed by atoms with van der Waals surface area (Å²) >= 11 is 0. The van der Waals surface area contributed by atoms with Gasteiger partial charge in [0, 0.05) is 10.9 Å². The summed E-state index contributed by atoms with van der Waals surface area (Å²) in [5, 5.41) is 7.62. The summed E-state index contributed by atoms with van der Waals surface area (Å²) in [6.07, 6.45) is 1.67. The number of aromatic nitrogens is 2. The number of fused-ring (bicyclic) bond motifs is 1. The number of rotatable bonds is 5. The van der Waals surface area contributed by atoms with Crippen molar-refractivity contribution >= 4 is 26.6 Å². The number of methoxy groups -OCH3 is 2. The summed E-state index contributed by atoms with van der Waals surface area (Å²) in [5.74, 6) is 0.814. The maximum atomic E-state index is 12.7. The minimum absolute atomic E-state index is 0.0491. The molecule has 0 radical (unpaired) electrons. The van der Waals surface area contributed by atoms with Gasteiger partial charge in [-0.3, -0.25) is 9.82 Å². The van der Waals surface area contributed by atoms with Crippen LogP contribution in [0.1, 0.15) is 5.56 Å². The predicted molar refractivity (Wildman–Crippen MR) is 91.2 cm³/mol. The van der Waals surface area contributed by atoms with E-state index in [4.69, 9.17) is 9.47 Å². The average molecular weight is 347 g/mol. The summed E-state index contributed by atoms with van der Waals surface area (Å²) < 4.78 is 38.6. The Bertz CT molecular complexity index is 996. The van der Waals surface area contributed by atoms with Gasteiger partial charge >= 0.3 is 0 Å². The Morgan fingerprint density at radius 2 is 1.92 bits per heavy atom. The normalized spacial score (nSPS) is 11.5. The van der Waals surface area contributed by atoms with Crippen LogP contribution >= 0.6 is 0 Å². The van der Waals surface area contributed by atoms with Crippen molar-refractivity contribution in [1.82, 2.24) is 10.2 Å². The molecule has 3 rings (SSSR count). The Balaban J connectivity index is 2.02. The van der Waals surface area contributed by atoms with E-state index in [1.807, 2.05) is 0 Å². The topological polar surface area (TPSA) is 93.3 Å². The molecule has 3 aromatic rings. The highest BCUT2D eigenvalue weighted by Crippen LogP contribution is 2.35. The minimum atomic E-state index is -3.82. The second-order valence-corrected chi connectivity index (χ2v) is 6.85. The standard InChI is InChI=1S/C16H17N3O4S/c1-10-14(22-2)6-7-15(16(10)23-3)24(20,21)19-12-5-4-11-9-17-18-13(11)8-12/h4-9,19H,1-3H3,(H,17,18). The van der Waals surface area contributed by atoms with Crippen LogP contribution in [0.3, 0.4) is 0 Å². The van der Waals surface area contributed by atoms with Crippen molar-refractivity contribution in [2.24, 2.45) is 0 Å². The molecule has 24 heavy (non-hydrogen) atoms. The van der Waals surface area contributed by atoms with Crippen LogP contribution in [0.25, 0.3) is 10.9 Å². The number of nitrogens with one attached hydrogen (secondary N) is 2. The summed E-state index contributed by atoms with van der Waals surface area (Å²) in [4.78, 5) is 0.0491. The van der Waals surface area contributed by atoms with Crippen molar-refractivity contribution in [2.45, 2.75) is 11.8 Å². The lowest BCUT2D eigenvalue weighted by Crippen LogP contribution is -2.14. The second-order valence-electron chi connectivity index (χ2n) is 5.20. The Morgan fingerprint density at radius 1 is 1.12 bits per heavy atom. The molecule has 0 saturated carbocycles. The van der Waals surface area contributed by atoms with E-state index in [2.05, 4.69) is 14.9 Å². The highest BCUT2D eigenvalue weighted by atomic mass is 32.2. The fourth-order valence-electron chi connectivity index (χ4n) is 2.55. The lowest BCUT2D eigenvalue weighted by molar-refractivity contribution is 0.380. The summed E-state index contributed by atoms with van der Waals surface area (Å²) in [6.45, 7) is 1.74. The van der Waals surface area contributed by atoms with Gasteiger partial charge in [0.05, 0.1) is 31.6 Å². The molecular weight excluding hydrogens is 330 g/mol. The molecule has 0 amide bonds. The molecule has 0 aliphatic heterocycles. The van der Waals surface area contributed by atoms with Gasteiger partial charge in [0.2, 0.25) is 0 Å². The number of hydrogen-bond acceptors (Lipinski definition) is 5. The van der Waals surface area contributed by atoms with Crippen LogP contribution in [0.15, 0.2) is 41.4 Å². The largest absolute Gasteiger partial charge is 0.496 e. The maximum absolute atomic E-state index is 12.7. The van der Waals surface area contributed by atoms with Crippen LogP contribution in [0.5, 0.6) is 11.5 Å². The zero-order valence-corrected chi connectivity index (χ0v) is 14.3. The van der Waals surface area contributed by atoms with Crippen LogP contribution in [-0.4, -0.2) is 32.8 Å². The molecule has 1 aromatic heterocycles. The van der Waals surface area contributed by atoms with Crippen LogP contribution in [0, 0.1) is 6.92 Å². The Morgan fingerprint density at radius 3 is 2.62 bits per heavy atom. The molecule has 0 spiro atoms. The van der Waals surface area contributed by atoms with Gasteiger partial charge in [-0.05, 0) is 37.3 Å². The second kappa shape index (κ2) is 6.04. The van der Waals surface area contributed by atoms with Crippen molar-refractivity contribution in [1.29, 1.82) is 0 Å². The first-order valence-corrected chi connectivity index (χ1v) is 8.62. The molecule has 0 bridgehead atoms. The van der Waals surface area contributed by atoms with Gasteiger partial charge in [-0.1, -0.05) is 0 Å². The summed E-state index contributed by atoms with van der Waals surface area (Å²) in [7, 11) is -0.870. The van der Waals surface area contributed by atoms with Crippen molar-refractivity contribution in [2.75, 3.05) is 18.9 Å². The first-order chi connectivity index (χ1) is 11.5. The summed E-state index contributed by atoms with van der Waals surface area (Å²) in [6, 6.07) is 8.21. The van der Waals surface area contributed by atoms with Crippen molar-refractivity contribution in [3.05, 3.63) is 42.1 Å². The monoisotopic (exact) mass is 347 g/mol. The molecule has 2 aromatic carbocycles. The van der Waals surface area contributed by atoms with Crippen LogP contribution in [-0.2, 0) is 10.0 Å². The molecule has 0 aliphatic carbocycles. The van der Waals surface area contributed by atoms with E-state index in [1.165, 1.54) is 20.3 Å². The van der Waals surface area contributed by atoms with E-state index < -0.39 is 10.0 Å².